The molecule has 0 radical (unpaired) electrons. The van der Waals surface area contributed by atoms with Crippen molar-refractivity contribution in [1.82, 2.24) is 14.7 Å². The molecular formula is C26H30ClN3O3. The van der Waals surface area contributed by atoms with Gasteiger partial charge in [-0.25, -0.2) is 0 Å². The molecule has 5 rings (SSSR count). The Morgan fingerprint density at radius 2 is 1.76 bits per heavy atom. The number of ether oxygens (including phenoxy) is 1. The molecule has 0 aromatic heterocycles. The second-order valence-electron chi connectivity index (χ2n) is 9.24. The normalized spacial score (nSPS) is 20.9. The van der Waals surface area contributed by atoms with Crippen LogP contribution >= 0.6 is 11.6 Å². The van der Waals surface area contributed by atoms with E-state index in [9.17, 15) is 9.59 Å². The van der Waals surface area contributed by atoms with Crippen molar-refractivity contribution in [2.45, 2.75) is 25.8 Å². The summed E-state index contributed by atoms with van der Waals surface area (Å²) < 4.78 is 5.61. The van der Waals surface area contributed by atoms with Crippen molar-refractivity contribution >= 4 is 23.4 Å². The molecule has 33 heavy (non-hydrogen) atoms. The van der Waals surface area contributed by atoms with Gasteiger partial charge in [0, 0.05) is 62.8 Å². The summed E-state index contributed by atoms with van der Waals surface area (Å²) in [4.78, 5) is 32.4. The molecule has 1 atom stereocenters. The molecule has 2 amide bonds. The highest BCUT2D eigenvalue weighted by Crippen LogP contribution is 2.27. The molecule has 3 aliphatic heterocycles. The molecule has 0 aliphatic carbocycles. The maximum Gasteiger partial charge on any atom is 0.253 e. The van der Waals surface area contributed by atoms with Gasteiger partial charge in [0.15, 0.2) is 0 Å². The summed E-state index contributed by atoms with van der Waals surface area (Å²) in [6, 6.07) is 13.5. The fourth-order valence-corrected chi connectivity index (χ4v) is 5.25. The van der Waals surface area contributed by atoms with Crippen LogP contribution in [0.3, 0.4) is 0 Å². The van der Waals surface area contributed by atoms with Gasteiger partial charge in [0.25, 0.3) is 5.91 Å². The predicted molar refractivity (Wildman–Crippen MR) is 128 cm³/mol. The minimum absolute atomic E-state index is 0.0197. The summed E-state index contributed by atoms with van der Waals surface area (Å²) in [7, 11) is 0. The molecule has 2 aromatic rings. The van der Waals surface area contributed by atoms with E-state index in [1.54, 1.807) is 24.3 Å². The van der Waals surface area contributed by atoms with Gasteiger partial charge in [0.1, 0.15) is 5.75 Å². The van der Waals surface area contributed by atoms with E-state index in [0.717, 1.165) is 64.3 Å². The van der Waals surface area contributed by atoms with Gasteiger partial charge in [-0.3, -0.25) is 14.5 Å². The van der Waals surface area contributed by atoms with E-state index in [2.05, 4.69) is 23.1 Å². The smallest absolute Gasteiger partial charge is 0.253 e. The first-order valence-corrected chi connectivity index (χ1v) is 12.3. The molecule has 7 heteroatoms. The number of piperidine rings is 1. The Morgan fingerprint density at radius 3 is 2.55 bits per heavy atom. The molecule has 3 aliphatic rings. The summed E-state index contributed by atoms with van der Waals surface area (Å²) in [5, 5.41) is 0.614. The molecule has 2 fully saturated rings. The molecule has 0 spiro atoms. The van der Waals surface area contributed by atoms with Gasteiger partial charge in [-0.15, -0.1) is 0 Å². The van der Waals surface area contributed by atoms with Crippen LogP contribution in [0.2, 0.25) is 5.02 Å². The van der Waals surface area contributed by atoms with E-state index in [4.69, 9.17) is 16.3 Å². The number of nitrogens with zero attached hydrogens (tertiary/aromatic N) is 3. The summed E-state index contributed by atoms with van der Waals surface area (Å²) in [5.74, 6) is 1.08. The van der Waals surface area contributed by atoms with Crippen molar-refractivity contribution in [1.29, 1.82) is 0 Å². The lowest BCUT2D eigenvalue weighted by Crippen LogP contribution is -2.52. The first kappa shape index (κ1) is 22.2. The van der Waals surface area contributed by atoms with Crippen molar-refractivity contribution in [2.24, 2.45) is 5.92 Å². The summed E-state index contributed by atoms with van der Waals surface area (Å²) in [6.07, 6.45) is 2.70. The molecule has 0 bridgehead atoms. The zero-order valence-corrected chi connectivity index (χ0v) is 19.6. The lowest BCUT2D eigenvalue weighted by molar-refractivity contribution is -0.138. The Labute approximate surface area is 200 Å². The molecule has 0 N–H and O–H groups in total. The third-order valence-corrected chi connectivity index (χ3v) is 7.25. The Balaban J connectivity index is 1.13. The molecule has 6 nitrogen and oxygen atoms in total. The van der Waals surface area contributed by atoms with E-state index in [0.29, 0.717) is 23.7 Å². The fraction of sp³-hybridized carbons (Fsp3) is 0.462. The van der Waals surface area contributed by atoms with Gasteiger partial charge in [-0.05, 0) is 54.3 Å². The van der Waals surface area contributed by atoms with E-state index < -0.39 is 0 Å². The molecule has 2 saturated heterocycles. The van der Waals surface area contributed by atoms with Crippen LogP contribution in [0, 0.1) is 5.92 Å². The van der Waals surface area contributed by atoms with Crippen molar-refractivity contribution in [3.05, 3.63) is 64.2 Å². The number of hydrogen-bond donors (Lipinski definition) is 0. The highest BCUT2D eigenvalue weighted by Gasteiger charge is 2.33. The lowest BCUT2D eigenvalue weighted by Gasteiger charge is -2.39. The number of carbonyl (C=O) groups excluding carboxylic acids is 2. The monoisotopic (exact) mass is 467 g/mol. The average Bonchev–Trinajstić information content (AvgIpc) is 3.32. The molecule has 174 valence electrons. The summed E-state index contributed by atoms with van der Waals surface area (Å²) in [6.45, 7) is 6.12. The van der Waals surface area contributed by atoms with Gasteiger partial charge in [-0.1, -0.05) is 23.7 Å². The van der Waals surface area contributed by atoms with Crippen LogP contribution < -0.4 is 4.74 Å². The summed E-state index contributed by atoms with van der Waals surface area (Å²) in [5.41, 5.74) is 3.23. The number of amides is 2. The SMILES string of the molecule is O=C(c1ccc(Cl)cc1)N1CCC[C@@H](C(=O)N2CCN(Cc3ccc4c(c3)CCO4)CC2)C1. The minimum Gasteiger partial charge on any atom is -0.493 e. The van der Waals surface area contributed by atoms with Crippen LogP contribution in [0.5, 0.6) is 5.75 Å². The first-order chi connectivity index (χ1) is 16.1. The maximum absolute atomic E-state index is 13.2. The number of carbonyl (C=O) groups is 2. The lowest BCUT2D eigenvalue weighted by atomic mass is 9.95. The van der Waals surface area contributed by atoms with Gasteiger partial charge in [-0.2, -0.15) is 0 Å². The zero-order valence-electron chi connectivity index (χ0n) is 18.8. The van der Waals surface area contributed by atoms with E-state index in [1.165, 1.54) is 11.1 Å². The van der Waals surface area contributed by atoms with Crippen molar-refractivity contribution in [3.8, 4) is 5.75 Å². The van der Waals surface area contributed by atoms with Crippen molar-refractivity contribution < 1.29 is 14.3 Å². The topological polar surface area (TPSA) is 53.1 Å². The van der Waals surface area contributed by atoms with E-state index >= 15 is 0 Å². The largest absolute Gasteiger partial charge is 0.493 e. The molecule has 0 unspecified atom stereocenters. The van der Waals surface area contributed by atoms with Crippen molar-refractivity contribution in [3.63, 3.8) is 0 Å². The Morgan fingerprint density at radius 1 is 0.970 bits per heavy atom. The van der Waals surface area contributed by atoms with Crippen molar-refractivity contribution in [2.75, 3.05) is 45.9 Å². The van der Waals surface area contributed by atoms with Gasteiger partial charge >= 0.3 is 0 Å². The fourth-order valence-electron chi connectivity index (χ4n) is 5.12. The zero-order chi connectivity index (χ0) is 22.8. The number of hydrogen-bond acceptors (Lipinski definition) is 4. The molecule has 0 saturated carbocycles. The van der Waals surface area contributed by atoms with Crippen LogP contribution in [0.1, 0.15) is 34.3 Å². The third kappa shape index (κ3) is 5.02. The Bertz CT molecular complexity index is 1020. The van der Waals surface area contributed by atoms with Crippen LogP contribution in [0.25, 0.3) is 0 Å². The Hall–Kier alpha value is -2.57. The standard InChI is InChI=1S/C26H30ClN3O3/c27-23-6-4-20(5-7-23)25(31)30-10-1-2-22(18-30)26(32)29-13-11-28(12-14-29)17-19-3-8-24-21(16-19)9-15-33-24/h3-8,16,22H,1-2,9-15,17-18H2/t22-/m1/s1. The van der Waals surface area contributed by atoms with E-state index in [1.807, 2.05) is 9.80 Å². The number of fused-ring (bicyclic) bond motifs is 1. The quantitative estimate of drug-likeness (QED) is 0.691. The Kier molecular flexibility index (Phi) is 6.56. The number of likely N-dealkylation sites (tertiary alicyclic amines) is 1. The van der Waals surface area contributed by atoms with Crippen LogP contribution in [0.15, 0.2) is 42.5 Å². The average molecular weight is 468 g/mol. The van der Waals surface area contributed by atoms with Gasteiger partial charge in [0.05, 0.1) is 12.5 Å². The van der Waals surface area contributed by atoms with Gasteiger partial charge < -0.3 is 14.5 Å². The first-order valence-electron chi connectivity index (χ1n) is 11.9. The van der Waals surface area contributed by atoms with Crippen LogP contribution in [-0.2, 0) is 17.8 Å². The number of piperazine rings is 1. The number of halogens is 1. The summed E-state index contributed by atoms with van der Waals surface area (Å²) >= 11 is 5.95. The van der Waals surface area contributed by atoms with Crippen LogP contribution in [0.4, 0.5) is 0 Å². The molecule has 2 aromatic carbocycles. The second kappa shape index (κ2) is 9.74. The highest BCUT2D eigenvalue weighted by atomic mass is 35.5. The maximum atomic E-state index is 13.2. The van der Waals surface area contributed by atoms with E-state index in [-0.39, 0.29) is 17.7 Å². The predicted octanol–water partition coefficient (Wildman–Crippen LogP) is 3.47. The molecular weight excluding hydrogens is 438 g/mol. The third-order valence-electron chi connectivity index (χ3n) is 6.99. The number of rotatable bonds is 4. The highest BCUT2D eigenvalue weighted by molar-refractivity contribution is 6.30. The van der Waals surface area contributed by atoms with Crippen LogP contribution in [-0.4, -0.2) is 72.4 Å². The number of benzene rings is 2. The second-order valence-corrected chi connectivity index (χ2v) is 9.68. The molecule has 3 heterocycles. The minimum atomic E-state index is -0.113. The van der Waals surface area contributed by atoms with Gasteiger partial charge in [0.2, 0.25) is 5.91 Å².